The Balaban J connectivity index is 2.72. The molecular formula is C5H9F2O. The summed E-state index contributed by atoms with van der Waals surface area (Å²) in [4.78, 5) is 0. The minimum atomic E-state index is -2.23. The molecule has 0 atom stereocenters. The van der Waals surface area contributed by atoms with Crippen molar-refractivity contribution in [1.29, 1.82) is 0 Å². The second kappa shape index (κ2) is 4.97. The van der Waals surface area contributed by atoms with Gasteiger partial charge in [0.25, 0.3) is 0 Å². The predicted molar refractivity (Wildman–Crippen MR) is 25.4 cm³/mol. The minimum Gasteiger partial charge on any atom is -0.237 e. The normalized spacial score (nSPS) is 10.5. The van der Waals surface area contributed by atoms with Crippen molar-refractivity contribution in [3.05, 3.63) is 0 Å². The molecule has 8 heavy (non-hydrogen) atoms. The summed E-state index contributed by atoms with van der Waals surface area (Å²) in [5.74, 6) is 0. The molecule has 3 heteroatoms. The lowest BCUT2D eigenvalue weighted by molar-refractivity contribution is 0.125. The highest BCUT2D eigenvalue weighted by Gasteiger charge is 1.99. The number of unbranched alkanes of at least 4 members (excludes halogenated alkanes) is 1. The van der Waals surface area contributed by atoms with E-state index in [0.29, 0.717) is 12.8 Å². The summed E-state index contributed by atoms with van der Waals surface area (Å²) in [6.07, 6.45) is -1.62. The van der Waals surface area contributed by atoms with E-state index in [2.05, 4.69) is 0 Å². The lowest BCUT2D eigenvalue weighted by Gasteiger charge is -1.93. The SMILES string of the molecule is [O]CCCCC(F)F. The van der Waals surface area contributed by atoms with Crippen molar-refractivity contribution in [3.8, 4) is 0 Å². The van der Waals surface area contributed by atoms with Gasteiger partial charge in [0.2, 0.25) is 6.43 Å². The van der Waals surface area contributed by atoms with Crippen LogP contribution in [0.2, 0.25) is 0 Å². The largest absolute Gasteiger partial charge is 0.238 e. The fourth-order valence-corrected chi connectivity index (χ4v) is 0.401. The van der Waals surface area contributed by atoms with Gasteiger partial charge >= 0.3 is 0 Å². The second-order valence-electron chi connectivity index (χ2n) is 1.59. The van der Waals surface area contributed by atoms with Gasteiger partial charge in [-0.25, -0.2) is 13.9 Å². The smallest absolute Gasteiger partial charge is 0.237 e. The first-order chi connectivity index (χ1) is 3.77. The Morgan fingerprint density at radius 3 is 2.25 bits per heavy atom. The third kappa shape index (κ3) is 5.82. The molecule has 0 aliphatic rings. The second-order valence-corrected chi connectivity index (χ2v) is 1.59. The number of rotatable bonds is 4. The Hall–Kier alpha value is -0.180. The molecule has 0 aliphatic heterocycles. The van der Waals surface area contributed by atoms with Crippen molar-refractivity contribution in [2.24, 2.45) is 0 Å². The van der Waals surface area contributed by atoms with Crippen LogP contribution in [-0.4, -0.2) is 13.0 Å². The van der Waals surface area contributed by atoms with E-state index in [1.165, 1.54) is 0 Å². The van der Waals surface area contributed by atoms with Crippen LogP contribution in [0.3, 0.4) is 0 Å². The molecule has 0 rings (SSSR count). The highest BCUT2D eigenvalue weighted by molar-refractivity contribution is 4.40. The van der Waals surface area contributed by atoms with Crippen molar-refractivity contribution in [3.63, 3.8) is 0 Å². The first-order valence-electron chi connectivity index (χ1n) is 2.63. The van der Waals surface area contributed by atoms with Gasteiger partial charge in [-0.3, -0.25) is 0 Å². The van der Waals surface area contributed by atoms with Crippen molar-refractivity contribution < 1.29 is 13.9 Å². The molecular weight excluding hydrogens is 114 g/mol. The average Bonchev–Trinajstić information content (AvgIpc) is 1.66. The third-order valence-electron chi connectivity index (χ3n) is 0.817. The average molecular weight is 123 g/mol. The van der Waals surface area contributed by atoms with Gasteiger partial charge in [0.05, 0.1) is 6.61 Å². The standard InChI is InChI=1S/C5H9F2O/c6-5(7)3-1-2-4-8/h5H,1-4H2. The van der Waals surface area contributed by atoms with Gasteiger partial charge in [-0.05, 0) is 12.8 Å². The van der Waals surface area contributed by atoms with Gasteiger partial charge in [-0.15, -0.1) is 0 Å². The molecule has 0 aliphatic carbocycles. The van der Waals surface area contributed by atoms with Crippen LogP contribution in [0.25, 0.3) is 0 Å². The molecule has 0 spiro atoms. The molecule has 0 bridgehead atoms. The highest BCUT2D eigenvalue weighted by Crippen LogP contribution is 2.04. The zero-order valence-corrected chi connectivity index (χ0v) is 4.57. The van der Waals surface area contributed by atoms with Crippen molar-refractivity contribution in [1.82, 2.24) is 0 Å². The van der Waals surface area contributed by atoms with Crippen LogP contribution in [-0.2, 0) is 5.11 Å². The highest BCUT2D eigenvalue weighted by atomic mass is 19.3. The van der Waals surface area contributed by atoms with Crippen molar-refractivity contribution >= 4 is 0 Å². The van der Waals surface area contributed by atoms with E-state index in [-0.39, 0.29) is 13.0 Å². The third-order valence-corrected chi connectivity index (χ3v) is 0.817. The zero-order valence-electron chi connectivity index (χ0n) is 4.57. The van der Waals surface area contributed by atoms with Crippen LogP contribution in [0.15, 0.2) is 0 Å². The number of halogens is 2. The molecule has 0 fully saturated rings. The van der Waals surface area contributed by atoms with E-state index >= 15 is 0 Å². The first kappa shape index (κ1) is 7.82. The maximum Gasteiger partial charge on any atom is 0.238 e. The molecule has 1 nitrogen and oxygen atoms in total. The maximum absolute atomic E-state index is 11.3. The zero-order chi connectivity index (χ0) is 6.41. The monoisotopic (exact) mass is 123 g/mol. The van der Waals surface area contributed by atoms with Crippen molar-refractivity contribution in [2.75, 3.05) is 6.61 Å². The lowest BCUT2D eigenvalue weighted by atomic mass is 10.2. The molecule has 0 saturated carbocycles. The predicted octanol–water partition coefficient (Wildman–Crippen LogP) is 1.85. The van der Waals surface area contributed by atoms with Crippen LogP contribution in [0, 0.1) is 0 Å². The van der Waals surface area contributed by atoms with Gasteiger partial charge < -0.3 is 0 Å². The fraction of sp³-hybridized carbons (Fsp3) is 1.00. The van der Waals surface area contributed by atoms with E-state index < -0.39 is 6.43 Å². The summed E-state index contributed by atoms with van der Waals surface area (Å²) in [6.45, 7) is -0.229. The number of hydrogen-bond donors (Lipinski definition) is 0. The summed E-state index contributed by atoms with van der Waals surface area (Å²) in [7, 11) is 0. The molecule has 0 aromatic heterocycles. The minimum absolute atomic E-state index is 0.123. The summed E-state index contributed by atoms with van der Waals surface area (Å²) in [5.41, 5.74) is 0. The van der Waals surface area contributed by atoms with Crippen molar-refractivity contribution in [2.45, 2.75) is 25.7 Å². The van der Waals surface area contributed by atoms with Gasteiger partial charge in [0.1, 0.15) is 0 Å². The van der Waals surface area contributed by atoms with E-state index in [1.54, 1.807) is 0 Å². The summed E-state index contributed by atoms with van der Waals surface area (Å²) in [6, 6.07) is 0. The van der Waals surface area contributed by atoms with Crippen LogP contribution < -0.4 is 0 Å². The van der Waals surface area contributed by atoms with E-state index in [1.807, 2.05) is 0 Å². The van der Waals surface area contributed by atoms with E-state index in [9.17, 15) is 13.9 Å². The summed E-state index contributed by atoms with van der Waals surface area (Å²) < 4.78 is 22.5. The Morgan fingerprint density at radius 2 is 1.88 bits per heavy atom. The van der Waals surface area contributed by atoms with Gasteiger partial charge in [-0.1, -0.05) is 0 Å². The Kier molecular flexibility index (Phi) is 4.85. The van der Waals surface area contributed by atoms with E-state index in [0.717, 1.165) is 0 Å². The molecule has 0 unspecified atom stereocenters. The molecule has 0 heterocycles. The van der Waals surface area contributed by atoms with Gasteiger partial charge in [0, 0.05) is 6.42 Å². The quantitative estimate of drug-likeness (QED) is 0.508. The molecule has 0 N–H and O–H groups in total. The molecule has 0 aromatic rings. The molecule has 49 valence electrons. The maximum atomic E-state index is 11.3. The molecule has 0 amide bonds. The molecule has 0 saturated heterocycles. The van der Waals surface area contributed by atoms with Crippen LogP contribution in [0.5, 0.6) is 0 Å². The lowest BCUT2D eigenvalue weighted by Crippen LogP contribution is -1.90. The Morgan fingerprint density at radius 1 is 1.25 bits per heavy atom. The van der Waals surface area contributed by atoms with Gasteiger partial charge in [0.15, 0.2) is 0 Å². The molecule has 0 aromatic carbocycles. The van der Waals surface area contributed by atoms with Crippen LogP contribution >= 0.6 is 0 Å². The van der Waals surface area contributed by atoms with Crippen LogP contribution in [0.1, 0.15) is 19.3 Å². The summed E-state index contributed by atoms with van der Waals surface area (Å²) in [5, 5.41) is 9.67. The summed E-state index contributed by atoms with van der Waals surface area (Å²) >= 11 is 0. The fourth-order valence-electron chi connectivity index (χ4n) is 0.401. The van der Waals surface area contributed by atoms with Crippen LogP contribution in [0.4, 0.5) is 8.78 Å². The number of hydrogen-bond acceptors (Lipinski definition) is 0. The topological polar surface area (TPSA) is 19.9 Å². The Labute approximate surface area is 47.3 Å². The Bertz CT molecular complexity index is 47.7. The molecule has 1 radical (unpaired) electrons. The van der Waals surface area contributed by atoms with Gasteiger partial charge in [-0.2, -0.15) is 0 Å². The first-order valence-corrected chi connectivity index (χ1v) is 2.63. The number of alkyl halides is 2. The van der Waals surface area contributed by atoms with E-state index in [4.69, 9.17) is 0 Å².